The van der Waals surface area contributed by atoms with Crippen LogP contribution in [-0.4, -0.2) is 21.0 Å². The molecule has 0 aliphatic carbocycles. The number of hydrogen-bond acceptors (Lipinski definition) is 5. The largest absolute Gasteiger partial charge is 0.417 e. The van der Waals surface area contributed by atoms with Gasteiger partial charge in [0.25, 0.3) is 0 Å². The maximum atomic E-state index is 13.2. The first-order valence-corrected chi connectivity index (χ1v) is 9.21. The third kappa shape index (κ3) is 4.98. The number of alkyl halides is 3. The van der Waals surface area contributed by atoms with Gasteiger partial charge < -0.3 is 10.6 Å². The van der Waals surface area contributed by atoms with Gasteiger partial charge in [0, 0.05) is 40.2 Å². The van der Waals surface area contributed by atoms with E-state index in [1.807, 2.05) is 19.9 Å². The van der Waals surface area contributed by atoms with Crippen molar-refractivity contribution in [3.8, 4) is 11.3 Å². The monoisotopic (exact) mass is 451 g/mol. The van der Waals surface area contributed by atoms with Crippen LogP contribution in [0.5, 0.6) is 0 Å². The number of rotatable bonds is 5. The number of halogens is 4. The van der Waals surface area contributed by atoms with E-state index in [1.165, 1.54) is 6.07 Å². The first-order valence-electron chi connectivity index (χ1n) is 8.42. The van der Waals surface area contributed by atoms with E-state index >= 15 is 0 Å². The Morgan fingerprint density at radius 2 is 1.86 bits per heavy atom. The molecule has 0 aliphatic heterocycles. The predicted molar refractivity (Wildman–Crippen MR) is 106 cm³/mol. The zero-order valence-electron chi connectivity index (χ0n) is 15.0. The molecule has 2 N–H and O–H groups in total. The van der Waals surface area contributed by atoms with Gasteiger partial charge >= 0.3 is 6.18 Å². The minimum absolute atomic E-state index is 0.0218. The molecule has 0 atom stereocenters. The third-order valence-electron chi connectivity index (χ3n) is 3.65. The Labute approximate surface area is 168 Å². The average molecular weight is 452 g/mol. The Kier molecular flexibility index (Phi) is 5.83. The van der Waals surface area contributed by atoms with Crippen LogP contribution in [0.3, 0.4) is 0 Å². The van der Waals surface area contributed by atoms with Crippen molar-refractivity contribution in [1.29, 1.82) is 0 Å². The molecule has 3 rings (SSSR count). The second-order valence-corrected chi connectivity index (χ2v) is 7.17. The van der Waals surface area contributed by atoms with Gasteiger partial charge in [-0.15, -0.1) is 0 Å². The fraction of sp³-hybridized carbons (Fsp3) is 0.211. The fourth-order valence-electron chi connectivity index (χ4n) is 2.46. The van der Waals surface area contributed by atoms with Crippen molar-refractivity contribution >= 4 is 33.4 Å². The highest BCUT2D eigenvalue weighted by atomic mass is 79.9. The summed E-state index contributed by atoms with van der Waals surface area (Å²) >= 11 is 2.94. The SMILES string of the molecule is CC(C)Nc1nc(Nc2ccc(Br)c(C(F)(F)F)c2)cc(-c2cccnc2)n1. The van der Waals surface area contributed by atoms with E-state index in [2.05, 4.69) is 41.5 Å². The summed E-state index contributed by atoms with van der Waals surface area (Å²) in [7, 11) is 0. The van der Waals surface area contributed by atoms with Crippen LogP contribution in [-0.2, 0) is 6.18 Å². The van der Waals surface area contributed by atoms with E-state index in [1.54, 1.807) is 30.6 Å². The Bertz CT molecular complexity index is 962. The number of hydrogen-bond donors (Lipinski definition) is 2. The molecule has 0 unspecified atom stereocenters. The molecule has 0 amide bonds. The van der Waals surface area contributed by atoms with Gasteiger partial charge in [-0.2, -0.15) is 18.2 Å². The predicted octanol–water partition coefficient (Wildman–Crippen LogP) is 5.88. The van der Waals surface area contributed by atoms with Crippen LogP contribution < -0.4 is 10.6 Å². The Morgan fingerprint density at radius 3 is 2.50 bits per heavy atom. The molecule has 1 aromatic carbocycles. The number of nitrogens with one attached hydrogen (secondary N) is 2. The van der Waals surface area contributed by atoms with Gasteiger partial charge in [-0.1, -0.05) is 15.9 Å². The molecule has 9 heteroatoms. The summed E-state index contributed by atoms with van der Waals surface area (Å²) in [5, 5.41) is 6.05. The summed E-state index contributed by atoms with van der Waals surface area (Å²) in [6.07, 6.45) is -1.16. The second kappa shape index (κ2) is 8.14. The molecular weight excluding hydrogens is 435 g/mol. The number of aromatic nitrogens is 3. The van der Waals surface area contributed by atoms with Gasteiger partial charge in [0.1, 0.15) is 5.82 Å². The van der Waals surface area contributed by atoms with Crippen LogP contribution in [0.4, 0.5) is 30.6 Å². The van der Waals surface area contributed by atoms with Gasteiger partial charge in [-0.05, 0) is 44.2 Å². The minimum atomic E-state index is -4.46. The highest BCUT2D eigenvalue weighted by Gasteiger charge is 2.33. The number of anilines is 3. The Hall–Kier alpha value is -2.68. The normalized spacial score (nSPS) is 11.5. The second-order valence-electron chi connectivity index (χ2n) is 6.32. The summed E-state index contributed by atoms with van der Waals surface area (Å²) in [4.78, 5) is 12.9. The van der Waals surface area contributed by atoms with Crippen molar-refractivity contribution in [2.45, 2.75) is 26.1 Å². The zero-order chi connectivity index (χ0) is 20.3. The summed E-state index contributed by atoms with van der Waals surface area (Å²) in [6, 6.07) is 9.30. The number of benzene rings is 1. The molecule has 3 aromatic rings. The highest BCUT2D eigenvalue weighted by molar-refractivity contribution is 9.10. The zero-order valence-corrected chi connectivity index (χ0v) is 16.6. The first-order chi connectivity index (χ1) is 13.2. The van der Waals surface area contributed by atoms with Crippen LogP contribution >= 0.6 is 15.9 Å². The van der Waals surface area contributed by atoms with E-state index in [-0.39, 0.29) is 16.2 Å². The van der Waals surface area contributed by atoms with Crippen molar-refractivity contribution in [3.63, 3.8) is 0 Å². The van der Waals surface area contributed by atoms with Crippen molar-refractivity contribution < 1.29 is 13.2 Å². The lowest BCUT2D eigenvalue weighted by Crippen LogP contribution is -2.13. The molecule has 2 aromatic heterocycles. The van der Waals surface area contributed by atoms with Crippen molar-refractivity contribution in [3.05, 3.63) is 58.8 Å². The number of nitrogens with zero attached hydrogens (tertiary/aromatic N) is 3. The number of pyridine rings is 1. The molecule has 0 bridgehead atoms. The van der Waals surface area contributed by atoms with Gasteiger partial charge in [0.05, 0.1) is 11.3 Å². The third-order valence-corrected chi connectivity index (χ3v) is 4.34. The van der Waals surface area contributed by atoms with Gasteiger partial charge in [-0.3, -0.25) is 4.98 Å². The Morgan fingerprint density at radius 1 is 1.07 bits per heavy atom. The maximum Gasteiger partial charge on any atom is 0.417 e. The van der Waals surface area contributed by atoms with Crippen LogP contribution in [0, 0.1) is 0 Å². The molecule has 0 fully saturated rings. The van der Waals surface area contributed by atoms with Crippen LogP contribution in [0.1, 0.15) is 19.4 Å². The Balaban J connectivity index is 1.99. The first kappa shape index (κ1) is 20.1. The lowest BCUT2D eigenvalue weighted by Gasteiger charge is -2.15. The lowest BCUT2D eigenvalue weighted by atomic mass is 10.2. The molecule has 146 valence electrons. The van der Waals surface area contributed by atoms with E-state index in [0.29, 0.717) is 17.5 Å². The highest BCUT2D eigenvalue weighted by Crippen LogP contribution is 2.37. The summed E-state index contributed by atoms with van der Waals surface area (Å²) in [5.41, 5.74) is 0.870. The van der Waals surface area contributed by atoms with Crippen molar-refractivity contribution in [1.82, 2.24) is 15.0 Å². The molecule has 0 saturated heterocycles. The van der Waals surface area contributed by atoms with Crippen LogP contribution in [0.25, 0.3) is 11.3 Å². The fourth-order valence-corrected chi connectivity index (χ4v) is 2.94. The lowest BCUT2D eigenvalue weighted by molar-refractivity contribution is -0.138. The topological polar surface area (TPSA) is 62.7 Å². The standard InChI is InChI=1S/C19H17BrF3N5/c1-11(2)25-18-27-16(12-4-3-7-24-10-12)9-17(28-18)26-13-5-6-15(20)14(8-13)19(21,22)23/h3-11H,1-2H3,(H2,25,26,27,28). The van der Waals surface area contributed by atoms with Crippen molar-refractivity contribution in [2.75, 3.05) is 10.6 Å². The molecule has 2 heterocycles. The molecule has 28 heavy (non-hydrogen) atoms. The molecular formula is C19H17BrF3N5. The summed E-state index contributed by atoms with van der Waals surface area (Å²) in [5.74, 6) is 0.736. The van der Waals surface area contributed by atoms with E-state index in [4.69, 9.17) is 0 Å². The van der Waals surface area contributed by atoms with Crippen LogP contribution in [0.15, 0.2) is 53.3 Å². The average Bonchev–Trinajstić information content (AvgIpc) is 2.62. The van der Waals surface area contributed by atoms with E-state index < -0.39 is 11.7 Å². The molecule has 0 saturated carbocycles. The molecule has 0 aliphatic rings. The van der Waals surface area contributed by atoms with E-state index in [9.17, 15) is 13.2 Å². The van der Waals surface area contributed by atoms with Crippen LogP contribution in [0.2, 0.25) is 0 Å². The molecule has 0 radical (unpaired) electrons. The minimum Gasteiger partial charge on any atom is -0.352 e. The maximum absolute atomic E-state index is 13.2. The summed E-state index contributed by atoms with van der Waals surface area (Å²) in [6.45, 7) is 3.88. The smallest absolute Gasteiger partial charge is 0.352 e. The quantitative estimate of drug-likeness (QED) is 0.506. The van der Waals surface area contributed by atoms with E-state index in [0.717, 1.165) is 11.6 Å². The molecule has 0 spiro atoms. The van der Waals surface area contributed by atoms with Gasteiger partial charge in [-0.25, -0.2) is 4.98 Å². The van der Waals surface area contributed by atoms with Crippen molar-refractivity contribution in [2.24, 2.45) is 0 Å². The van der Waals surface area contributed by atoms with Gasteiger partial charge in [0.15, 0.2) is 0 Å². The summed E-state index contributed by atoms with van der Waals surface area (Å²) < 4.78 is 39.5. The van der Waals surface area contributed by atoms with Gasteiger partial charge in [0.2, 0.25) is 5.95 Å². The molecule has 5 nitrogen and oxygen atoms in total.